The second-order valence-corrected chi connectivity index (χ2v) is 10.3. The molecule has 2 aromatic carbocycles. The maximum absolute atomic E-state index is 13.0. The number of halogens is 1. The van der Waals surface area contributed by atoms with Gasteiger partial charge in [0.2, 0.25) is 0 Å². The summed E-state index contributed by atoms with van der Waals surface area (Å²) in [6.07, 6.45) is 1.29. The molecule has 0 N–H and O–H groups in total. The summed E-state index contributed by atoms with van der Waals surface area (Å²) in [5, 5.41) is 0.667. The molecule has 0 spiro atoms. The van der Waals surface area contributed by atoms with Crippen LogP contribution in [0.15, 0.2) is 47.4 Å². The van der Waals surface area contributed by atoms with Gasteiger partial charge in [-0.05, 0) is 53.8 Å². The molecule has 2 nitrogen and oxygen atoms in total. The SMILES string of the molecule is O=C(c1ccc(C2SCCCS2)cc1)N1CCSc2ccc(Cl)cc21. The van der Waals surface area contributed by atoms with Gasteiger partial charge in [-0.3, -0.25) is 4.79 Å². The Bertz CT molecular complexity index is 775. The highest BCUT2D eigenvalue weighted by Gasteiger charge is 2.25. The van der Waals surface area contributed by atoms with Crippen LogP contribution in [0.4, 0.5) is 5.69 Å². The zero-order chi connectivity index (χ0) is 17.2. The van der Waals surface area contributed by atoms with Crippen molar-refractivity contribution in [3.63, 3.8) is 0 Å². The van der Waals surface area contributed by atoms with E-state index in [0.29, 0.717) is 16.1 Å². The maximum atomic E-state index is 13.0. The van der Waals surface area contributed by atoms with Gasteiger partial charge in [-0.15, -0.1) is 35.3 Å². The second-order valence-electron chi connectivity index (χ2n) is 5.97. The number of amides is 1. The van der Waals surface area contributed by atoms with E-state index in [9.17, 15) is 4.79 Å². The van der Waals surface area contributed by atoms with E-state index in [0.717, 1.165) is 21.9 Å². The van der Waals surface area contributed by atoms with Crippen LogP contribution in [0.2, 0.25) is 5.02 Å². The summed E-state index contributed by atoms with van der Waals surface area (Å²) in [6, 6.07) is 13.9. The molecule has 0 aromatic heterocycles. The molecular formula is C19H18ClNOS3. The van der Waals surface area contributed by atoms with E-state index in [-0.39, 0.29) is 5.91 Å². The van der Waals surface area contributed by atoms with Crippen LogP contribution in [0, 0.1) is 0 Å². The molecule has 1 saturated heterocycles. The van der Waals surface area contributed by atoms with E-state index in [4.69, 9.17) is 11.6 Å². The number of thioether (sulfide) groups is 3. The van der Waals surface area contributed by atoms with E-state index in [1.807, 2.05) is 58.8 Å². The summed E-state index contributed by atoms with van der Waals surface area (Å²) in [7, 11) is 0. The van der Waals surface area contributed by atoms with Crippen molar-refractivity contribution < 1.29 is 4.79 Å². The highest BCUT2D eigenvalue weighted by atomic mass is 35.5. The van der Waals surface area contributed by atoms with Gasteiger partial charge in [0.05, 0.1) is 10.3 Å². The van der Waals surface area contributed by atoms with E-state index in [1.165, 1.54) is 23.5 Å². The predicted molar refractivity (Wildman–Crippen MR) is 113 cm³/mol. The average molecular weight is 408 g/mol. The molecule has 0 bridgehead atoms. The molecule has 1 fully saturated rings. The molecule has 0 radical (unpaired) electrons. The summed E-state index contributed by atoms with van der Waals surface area (Å²) in [4.78, 5) is 16.0. The minimum absolute atomic E-state index is 0.0549. The normalized spacial score (nSPS) is 18.0. The molecule has 2 aliphatic heterocycles. The van der Waals surface area contributed by atoms with Crippen LogP contribution < -0.4 is 4.90 Å². The second kappa shape index (κ2) is 7.87. The van der Waals surface area contributed by atoms with Crippen molar-refractivity contribution >= 4 is 58.5 Å². The zero-order valence-electron chi connectivity index (χ0n) is 13.6. The third-order valence-electron chi connectivity index (χ3n) is 4.29. The van der Waals surface area contributed by atoms with Crippen LogP contribution in [-0.4, -0.2) is 29.7 Å². The standard InChI is InChI=1S/C19H18ClNOS3/c20-15-6-7-17-16(12-15)21(8-11-23-17)18(22)13-2-4-14(5-3-13)19-24-9-1-10-25-19/h2-7,12,19H,1,8-11H2. The minimum Gasteiger partial charge on any atom is -0.306 e. The fourth-order valence-corrected chi connectivity index (χ4v) is 7.06. The molecular weight excluding hydrogens is 390 g/mol. The zero-order valence-corrected chi connectivity index (χ0v) is 16.8. The quantitative estimate of drug-likeness (QED) is 0.611. The van der Waals surface area contributed by atoms with Crippen LogP contribution in [-0.2, 0) is 0 Å². The number of fused-ring (bicyclic) bond motifs is 1. The maximum Gasteiger partial charge on any atom is 0.258 e. The Kier molecular flexibility index (Phi) is 5.56. The van der Waals surface area contributed by atoms with Gasteiger partial charge in [0.25, 0.3) is 5.91 Å². The van der Waals surface area contributed by atoms with E-state index in [1.54, 1.807) is 11.8 Å². The summed E-state index contributed by atoms with van der Waals surface area (Å²) in [6.45, 7) is 0.715. The van der Waals surface area contributed by atoms with Gasteiger partial charge < -0.3 is 4.90 Å². The van der Waals surface area contributed by atoms with Gasteiger partial charge in [-0.25, -0.2) is 0 Å². The first-order valence-electron chi connectivity index (χ1n) is 8.30. The summed E-state index contributed by atoms with van der Waals surface area (Å²) >= 11 is 11.9. The third-order valence-corrected chi connectivity index (χ3v) is 8.58. The number of carbonyl (C=O) groups excluding carboxylic acids is 1. The average Bonchev–Trinajstić information content (AvgIpc) is 2.68. The van der Waals surface area contributed by atoms with Crippen molar-refractivity contribution in [3.05, 3.63) is 58.6 Å². The van der Waals surface area contributed by atoms with Gasteiger partial charge in [0.15, 0.2) is 0 Å². The highest BCUT2D eigenvalue weighted by Crippen LogP contribution is 2.43. The predicted octanol–water partition coefficient (Wildman–Crippen LogP) is 5.96. The molecule has 0 atom stereocenters. The Morgan fingerprint density at radius 1 is 1.04 bits per heavy atom. The molecule has 1 amide bonds. The molecule has 2 heterocycles. The van der Waals surface area contributed by atoms with Crippen LogP contribution in [0.1, 0.15) is 26.9 Å². The number of rotatable bonds is 2. The number of carbonyl (C=O) groups is 1. The summed E-state index contributed by atoms with van der Waals surface area (Å²) in [5.74, 6) is 3.41. The lowest BCUT2D eigenvalue weighted by molar-refractivity contribution is 0.0987. The van der Waals surface area contributed by atoms with Crippen molar-refractivity contribution in [2.75, 3.05) is 28.7 Å². The lowest BCUT2D eigenvalue weighted by Crippen LogP contribution is -2.35. The highest BCUT2D eigenvalue weighted by molar-refractivity contribution is 8.16. The smallest absolute Gasteiger partial charge is 0.258 e. The van der Waals surface area contributed by atoms with Crippen molar-refractivity contribution in [2.24, 2.45) is 0 Å². The molecule has 2 aliphatic rings. The van der Waals surface area contributed by atoms with E-state index >= 15 is 0 Å². The Hall–Kier alpha value is -0.750. The van der Waals surface area contributed by atoms with Crippen LogP contribution in [0.3, 0.4) is 0 Å². The van der Waals surface area contributed by atoms with Gasteiger partial charge >= 0.3 is 0 Å². The lowest BCUT2D eigenvalue weighted by Gasteiger charge is -2.29. The minimum atomic E-state index is 0.0549. The molecule has 2 aromatic rings. The fourth-order valence-electron chi connectivity index (χ4n) is 3.02. The van der Waals surface area contributed by atoms with Crippen molar-refractivity contribution in [1.29, 1.82) is 0 Å². The van der Waals surface area contributed by atoms with Gasteiger partial charge in [0.1, 0.15) is 0 Å². The monoisotopic (exact) mass is 407 g/mol. The number of anilines is 1. The van der Waals surface area contributed by atoms with E-state index < -0.39 is 0 Å². The number of hydrogen-bond donors (Lipinski definition) is 0. The summed E-state index contributed by atoms with van der Waals surface area (Å²) in [5.41, 5.74) is 2.98. The fraction of sp³-hybridized carbons (Fsp3) is 0.316. The third kappa shape index (κ3) is 3.85. The largest absolute Gasteiger partial charge is 0.306 e. The molecule has 6 heteroatoms. The Morgan fingerprint density at radius 2 is 1.80 bits per heavy atom. The molecule has 0 saturated carbocycles. The number of nitrogens with zero attached hydrogens (tertiary/aromatic N) is 1. The first-order valence-corrected chi connectivity index (χ1v) is 11.8. The summed E-state index contributed by atoms with van der Waals surface area (Å²) < 4.78 is 0.504. The van der Waals surface area contributed by atoms with Gasteiger partial charge in [0, 0.05) is 27.8 Å². The Labute approximate surface area is 166 Å². The molecule has 25 heavy (non-hydrogen) atoms. The molecule has 130 valence electrons. The Morgan fingerprint density at radius 3 is 2.56 bits per heavy atom. The van der Waals surface area contributed by atoms with Crippen molar-refractivity contribution in [3.8, 4) is 0 Å². The van der Waals surface area contributed by atoms with Crippen LogP contribution in [0.25, 0.3) is 0 Å². The first kappa shape index (κ1) is 17.7. The van der Waals surface area contributed by atoms with Crippen molar-refractivity contribution in [1.82, 2.24) is 0 Å². The lowest BCUT2D eigenvalue weighted by atomic mass is 10.1. The Balaban J connectivity index is 1.56. The molecule has 0 aliphatic carbocycles. The van der Waals surface area contributed by atoms with Crippen molar-refractivity contribution in [2.45, 2.75) is 15.9 Å². The number of hydrogen-bond acceptors (Lipinski definition) is 4. The molecule has 4 rings (SSSR count). The molecule has 0 unspecified atom stereocenters. The first-order chi connectivity index (χ1) is 12.2. The van der Waals surface area contributed by atoms with Gasteiger partial charge in [-0.2, -0.15) is 0 Å². The number of benzene rings is 2. The topological polar surface area (TPSA) is 20.3 Å². The van der Waals surface area contributed by atoms with Crippen LogP contribution >= 0.6 is 46.9 Å². The van der Waals surface area contributed by atoms with E-state index in [2.05, 4.69) is 12.1 Å². The van der Waals surface area contributed by atoms with Gasteiger partial charge in [-0.1, -0.05) is 23.7 Å². The van der Waals surface area contributed by atoms with Crippen LogP contribution in [0.5, 0.6) is 0 Å².